The summed E-state index contributed by atoms with van der Waals surface area (Å²) < 4.78 is 13.7. The summed E-state index contributed by atoms with van der Waals surface area (Å²) in [6.07, 6.45) is 1.60. The third-order valence-corrected chi connectivity index (χ3v) is 4.06. The second-order valence-corrected chi connectivity index (χ2v) is 6.11. The van der Waals surface area contributed by atoms with E-state index in [1.54, 1.807) is 30.5 Å². The lowest BCUT2D eigenvalue weighted by Gasteiger charge is -2.24. The van der Waals surface area contributed by atoms with Gasteiger partial charge in [-0.2, -0.15) is 5.10 Å². The molecule has 1 aromatic carbocycles. The van der Waals surface area contributed by atoms with Crippen LogP contribution in [-0.4, -0.2) is 28.3 Å². The summed E-state index contributed by atoms with van der Waals surface area (Å²) in [5.41, 5.74) is 1.50. The maximum absolute atomic E-state index is 13.3. The van der Waals surface area contributed by atoms with Crippen molar-refractivity contribution in [1.29, 1.82) is 0 Å². The standard InChI is InChI=1S/C15H11BrClFN4O/c16-11-5-10(2-3-12(11)18)15-20-7-14(23)22(21-15)8-9-1-4-13(17)19-6-9/h1-6H,7-8H2,(H,20,21). The number of carbonyl (C=O) groups is 1. The summed E-state index contributed by atoms with van der Waals surface area (Å²) in [6, 6.07) is 8.00. The van der Waals surface area contributed by atoms with Crippen LogP contribution in [0.3, 0.4) is 0 Å². The van der Waals surface area contributed by atoms with Gasteiger partial charge in [0.15, 0.2) is 5.84 Å². The molecule has 0 saturated heterocycles. The number of carbonyl (C=O) groups excluding carboxylic acids is 1. The lowest BCUT2D eigenvalue weighted by Crippen LogP contribution is -2.44. The molecule has 1 aromatic heterocycles. The first-order chi connectivity index (χ1) is 11.0. The van der Waals surface area contributed by atoms with Gasteiger partial charge in [-0.05, 0) is 45.8 Å². The summed E-state index contributed by atoms with van der Waals surface area (Å²) >= 11 is 8.89. The van der Waals surface area contributed by atoms with Gasteiger partial charge in [0.2, 0.25) is 0 Å². The fraction of sp³-hybridized carbons (Fsp3) is 0.133. The van der Waals surface area contributed by atoms with Crippen molar-refractivity contribution in [3.8, 4) is 0 Å². The predicted molar refractivity (Wildman–Crippen MR) is 88.4 cm³/mol. The Morgan fingerprint density at radius 3 is 2.87 bits per heavy atom. The van der Waals surface area contributed by atoms with E-state index in [-0.39, 0.29) is 24.8 Å². The van der Waals surface area contributed by atoms with Gasteiger partial charge >= 0.3 is 0 Å². The van der Waals surface area contributed by atoms with Crippen molar-refractivity contribution >= 4 is 39.3 Å². The van der Waals surface area contributed by atoms with Gasteiger partial charge in [0, 0.05) is 11.8 Å². The van der Waals surface area contributed by atoms with E-state index in [1.165, 1.54) is 11.1 Å². The molecule has 2 heterocycles. The minimum Gasteiger partial charge on any atom is -0.359 e. The number of pyridine rings is 1. The van der Waals surface area contributed by atoms with Crippen molar-refractivity contribution in [3.05, 3.63) is 63.1 Å². The summed E-state index contributed by atoms with van der Waals surface area (Å²) in [5, 5.41) is 8.99. The first-order valence-corrected chi connectivity index (χ1v) is 7.89. The van der Waals surface area contributed by atoms with Gasteiger partial charge in [0.05, 0.1) is 17.6 Å². The minimum absolute atomic E-state index is 0.120. The predicted octanol–water partition coefficient (Wildman–Crippen LogP) is 2.93. The highest BCUT2D eigenvalue weighted by molar-refractivity contribution is 9.10. The highest BCUT2D eigenvalue weighted by atomic mass is 79.9. The van der Waals surface area contributed by atoms with Gasteiger partial charge in [0.25, 0.3) is 5.91 Å². The van der Waals surface area contributed by atoms with Crippen LogP contribution in [0.25, 0.3) is 0 Å². The zero-order valence-electron chi connectivity index (χ0n) is 11.8. The lowest BCUT2D eigenvalue weighted by molar-refractivity contribution is -0.131. The highest BCUT2D eigenvalue weighted by Crippen LogP contribution is 2.18. The topological polar surface area (TPSA) is 57.6 Å². The van der Waals surface area contributed by atoms with Crippen LogP contribution < -0.4 is 5.32 Å². The van der Waals surface area contributed by atoms with E-state index >= 15 is 0 Å². The lowest BCUT2D eigenvalue weighted by atomic mass is 10.2. The summed E-state index contributed by atoms with van der Waals surface area (Å²) in [5.74, 6) is -0.0116. The third-order valence-electron chi connectivity index (χ3n) is 3.23. The van der Waals surface area contributed by atoms with Gasteiger partial charge in [-0.1, -0.05) is 17.7 Å². The number of amidine groups is 1. The largest absolute Gasteiger partial charge is 0.359 e. The Morgan fingerprint density at radius 2 is 2.17 bits per heavy atom. The van der Waals surface area contributed by atoms with Gasteiger partial charge in [-0.15, -0.1) is 0 Å². The molecule has 2 aromatic rings. The Balaban J connectivity index is 1.85. The second kappa shape index (κ2) is 6.64. The fourth-order valence-corrected chi connectivity index (χ4v) is 2.55. The van der Waals surface area contributed by atoms with E-state index in [1.807, 2.05) is 0 Å². The zero-order valence-corrected chi connectivity index (χ0v) is 14.1. The molecule has 0 spiro atoms. The van der Waals surface area contributed by atoms with Gasteiger partial charge < -0.3 is 5.32 Å². The number of hydrazone groups is 1. The quantitative estimate of drug-likeness (QED) is 0.810. The number of hydrogen-bond donors (Lipinski definition) is 1. The van der Waals surface area contributed by atoms with Crippen LogP contribution in [0.15, 0.2) is 46.1 Å². The number of amides is 1. The van der Waals surface area contributed by atoms with Crippen molar-refractivity contribution in [1.82, 2.24) is 15.3 Å². The first-order valence-electron chi connectivity index (χ1n) is 6.71. The average Bonchev–Trinajstić information content (AvgIpc) is 2.54. The van der Waals surface area contributed by atoms with E-state index in [2.05, 4.69) is 31.3 Å². The normalized spacial score (nSPS) is 14.5. The zero-order chi connectivity index (χ0) is 16.4. The number of halogens is 3. The summed E-state index contributed by atoms with van der Waals surface area (Å²) in [4.78, 5) is 16.0. The minimum atomic E-state index is -0.356. The van der Waals surface area contributed by atoms with Crippen LogP contribution >= 0.6 is 27.5 Å². The van der Waals surface area contributed by atoms with Crippen LogP contribution in [0.4, 0.5) is 4.39 Å². The van der Waals surface area contributed by atoms with Crippen molar-refractivity contribution in [3.63, 3.8) is 0 Å². The van der Waals surface area contributed by atoms with Crippen LogP contribution in [0.5, 0.6) is 0 Å². The molecule has 5 nitrogen and oxygen atoms in total. The molecule has 1 N–H and O–H groups in total. The fourth-order valence-electron chi connectivity index (χ4n) is 2.06. The number of hydrogen-bond acceptors (Lipinski definition) is 4. The smallest absolute Gasteiger partial charge is 0.262 e. The molecule has 0 bridgehead atoms. The Morgan fingerprint density at radius 1 is 1.35 bits per heavy atom. The van der Waals surface area contributed by atoms with Gasteiger partial charge in [-0.3, -0.25) is 4.79 Å². The monoisotopic (exact) mass is 396 g/mol. The Labute approximate surface area is 145 Å². The Kier molecular flexibility index (Phi) is 4.58. The van der Waals surface area contributed by atoms with Gasteiger partial charge in [0.1, 0.15) is 11.0 Å². The molecule has 0 unspecified atom stereocenters. The molecule has 0 aliphatic carbocycles. The van der Waals surface area contributed by atoms with E-state index in [9.17, 15) is 9.18 Å². The van der Waals surface area contributed by atoms with Crippen molar-refractivity contribution in [2.45, 2.75) is 6.54 Å². The Bertz CT molecular complexity index is 782. The molecule has 1 aliphatic rings. The molecule has 0 saturated carbocycles. The molecule has 3 rings (SSSR count). The van der Waals surface area contributed by atoms with Crippen LogP contribution in [0, 0.1) is 5.82 Å². The second-order valence-electron chi connectivity index (χ2n) is 4.87. The first kappa shape index (κ1) is 15.9. The van der Waals surface area contributed by atoms with Crippen molar-refractivity contribution in [2.75, 3.05) is 6.54 Å². The van der Waals surface area contributed by atoms with Crippen LogP contribution in [0.2, 0.25) is 5.15 Å². The average molecular weight is 398 g/mol. The number of nitrogens with zero attached hydrogens (tertiary/aromatic N) is 3. The molecule has 0 radical (unpaired) electrons. The molecular weight excluding hydrogens is 387 g/mol. The summed E-state index contributed by atoms with van der Waals surface area (Å²) in [6.45, 7) is 0.408. The van der Waals surface area contributed by atoms with E-state index in [4.69, 9.17) is 11.6 Å². The van der Waals surface area contributed by atoms with E-state index < -0.39 is 0 Å². The van der Waals surface area contributed by atoms with Gasteiger partial charge in [-0.25, -0.2) is 14.4 Å². The molecular formula is C15H11BrClFN4O. The number of benzene rings is 1. The van der Waals surface area contributed by atoms with E-state index in [0.717, 1.165) is 5.56 Å². The molecule has 1 amide bonds. The van der Waals surface area contributed by atoms with E-state index in [0.29, 0.717) is 21.0 Å². The SMILES string of the molecule is O=C1CNC(c2ccc(F)c(Br)c2)=NN1Cc1ccc(Cl)nc1. The molecule has 1 aliphatic heterocycles. The molecule has 23 heavy (non-hydrogen) atoms. The number of nitrogens with one attached hydrogen (secondary N) is 1. The maximum atomic E-state index is 13.3. The molecule has 8 heteroatoms. The Hall–Kier alpha value is -1.99. The molecule has 0 atom stereocenters. The number of aromatic nitrogens is 1. The van der Waals surface area contributed by atoms with Crippen LogP contribution in [-0.2, 0) is 11.3 Å². The molecule has 0 fully saturated rings. The van der Waals surface area contributed by atoms with Crippen LogP contribution in [0.1, 0.15) is 11.1 Å². The summed E-state index contributed by atoms with van der Waals surface area (Å²) in [7, 11) is 0. The highest BCUT2D eigenvalue weighted by Gasteiger charge is 2.21. The maximum Gasteiger partial charge on any atom is 0.262 e. The van der Waals surface area contributed by atoms with Crippen molar-refractivity contribution in [2.24, 2.45) is 5.10 Å². The third kappa shape index (κ3) is 3.68. The molecule has 118 valence electrons. The van der Waals surface area contributed by atoms with Crippen molar-refractivity contribution < 1.29 is 9.18 Å². The number of rotatable bonds is 3.